The fourth-order valence-electron chi connectivity index (χ4n) is 2.53. The van der Waals surface area contributed by atoms with Crippen LogP contribution in [0.1, 0.15) is 15.9 Å². The highest BCUT2D eigenvalue weighted by atomic mass is 16.5. The van der Waals surface area contributed by atoms with E-state index in [2.05, 4.69) is 11.0 Å². The van der Waals surface area contributed by atoms with E-state index in [-0.39, 0.29) is 5.97 Å². The number of nitrogens with zero attached hydrogens (tertiary/aromatic N) is 1. The molecule has 0 atom stereocenters. The second-order valence-electron chi connectivity index (χ2n) is 4.93. The first kappa shape index (κ1) is 13.5. The number of hydrogen-bond acceptors (Lipinski definition) is 4. The van der Waals surface area contributed by atoms with Crippen molar-refractivity contribution in [2.24, 2.45) is 0 Å². The quantitative estimate of drug-likeness (QED) is 0.812. The molecular formula is C17H17NO3. The first-order valence-corrected chi connectivity index (χ1v) is 6.92. The van der Waals surface area contributed by atoms with Crippen molar-refractivity contribution >= 4 is 11.7 Å². The van der Waals surface area contributed by atoms with Gasteiger partial charge in [0.25, 0.3) is 0 Å². The number of benzene rings is 2. The first-order chi connectivity index (χ1) is 10.3. The van der Waals surface area contributed by atoms with E-state index in [1.54, 1.807) is 6.07 Å². The number of esters is 1. The van der Waals surface area contributed by atoms with Gasteiger partial charge in [-0.05, 0) is 29.8 Å². The monoisotopic (exact) mass is 283 g/mol. The summed E-state index contributed by atoms with van der Waals surface area (Å²) in [5.74, 6) is 0.604. The average Bonchev–Trinajstić information content (AvgIpc) is 2.55. The zero-order valence-corrected chi connectivity index (χ0v) is 11.9. The van der Waals surface area contributed by atoms with Gasteiger partial charge >= 0.3 is 5.97 Å². The van der Waals surface area contributed by atoms with Crippen molar-refractivity contribution in [3.05, 3.63) is 59.7 Å². The Hall–Kier alpha value is -2.49. The van der Waals surface area contributed by atoms with E-state index in [4.69, 9.17) is 9.47 Å². The van der Waals surface area contributed by atoms with Crippen molar-refractivity contribution in [3.8, 4) is 5.75 Å². The van der Waals surface area contributed by atoms with Crippen LogP contribution in [0, 0.1) is 0 Å². The molecule has 21 heavy (non-hydrogen) atoms. The van der Waals surface area contributed by atoms with Crippen LogP contribution < -0.4 is 9.64 Å². The summed E-state index contributed by atoms with van der Waals surface area (Å²) in [6, 6.07) is 15.6. The highest BCUT2D eigenvalue weighted by molar-refractivity contribution is 5.89. The Balaban J connectivity index is 1.83. The van der Waals surface area contributed by atoms with E-state index >= 15 is 0 Å². The van der Waals surface area contributed by atoms with Crippen LogP contribution in [0.2, 0.25) is 0 Å². The Bertz CT molecular complexity index is 654. The lowest BCUT2D eigenvalue weighted by Crippen LogP contribution is -2.32. The van der Waals surface area contributed by atoms with E-state index in [0.29, 0.717) is 12.2 Å². The number of ether oxygens (including phenoxy) is 2. The molecule has 1 aliphatic heterocycles. The van der Waals surface area contributed by atoms with Gasteiger partial charge < -0.3 is 14.4 Å². The second-order valence-corrected chi connectivity index (χ2v) is 4.93. The first-order valence-electron chi connectivity index (χ1n) is 6.92. The third kappa shape index (κ3) is 2.84. The minimum Gasteiger partial charge on any atom is -0.490 e. The number of carbonyl (C=O) groups excluding carboxylic acids is 1. The molecule has 1 heterocycles. The van der Waals surface area contributed by atoms with Crippen LogP contribution in [0.3, 0.4) is 0 Å². The van der Waals surface area contributed by atoms with Crippen LogP contribution in [0.25, 0.3) is 0 Å². The summed E-state index contributed by atoms with van der Waals surface area (Å²) in [5, 5.41) is 0. The van der Waals surface area contributed by atoms with Crippen LogP contribution in [0.5, 0.6) is 5.75 Å². The van der Waals surface area contributed by atoms with Gasteiger partial charge in [0.2, 0.25) is 0 Å². The third-order valence-electron chi connectivity index (χ3n) is 3.55. The van der Waals surface area contributed by atoms with Gasteiger partial charge in [0.05, 0.1) is 24.9 Å². The van der Waals surface area contributed by atoms with Gasteiger partial charge in [-0.25, -0.2) is 4.79 Å². The van der Waals surface area contributed by atoms with Crippen molar-refractivity contribution in [2.45, 2.75) is 6.54 Å². The maximum absolute atomic E-state index is 11.6. The molecule has 0 N–H and O–H groups in total. The lowest BCUT2D eigenvalue weighted by molar-refractivity contribution is 0.0600. The molecule has 0 amide bonds. The third-order valence-corrected chi connectivity index (χ3v) is 3.55. The standard InChI is InChI=1S/C17H17NO3/c1-20-17(19)14-6-4-5-13(11-14)12-18-9-10-21-16-8-3-2-7-15(16)18/h2-8,11H,9-10,12H2,1H3. The van der Waals surface area contributed by atoms with E-state index in [1.165, 1.54) is 7.11 Å². The minimum atomic E-state index is -0.306. The topological polar surface area (TPSA) is 38.8 Å². The molecule has 3 rings (SSSR count). The minimum absolute atomic E-state index is 0.306. The maximum Gasteiger partial charge on any atom is 0.337 e. The van der Waals surface area contributed by atoms with E-state index < -0.39 is 0 Å². The number of para-hydroxylation sites is 2. The van der Waals surface area contributed by atoms with Crippen LogP contribution >= 0.6 is 0 Å². The fourth-order valence-corrected chi connectivity index (χ4v) is 2.53. The molecule has 2 aromatic carbocycles. The molecule has 0 fully saturated rings. The van der Waals surface area contributed by atoms with Crippen molar-refractivity contribution in [1.82, 2.24) is 0 Å². The van der Waals surface area contributed by atoms with Crippen molar-refractivity contribution < 1.29 is 14.3 Å². The number of rotatable bonds is 3. The molecule has 108 valence electrons. The summed E-state index contributed by atoms with van der Waals surface area (Å²) in [5.41, 5.74) is 2.75. The van der Waals surface area contributed by atoms with Gasteiger partial charge in [0, 0.05) is 6.54 Å². The van der Waals surface area contributed by atoms with Crippen molar-refractivity contribution in [2.75, 3.05) is 25.2 Å². The van der Waals surface area contributed by atoms with Crippen molar-refractivity contribution in [1.29, 1.82) is 0 Å². The van der Waals surface area contributed by atoms with Crippen LogP contribution in [0.4, 0.5) is 5.69 Å². The molecule has 2 aromatic rings. The summed E-state index contributed by atoms with van der Waals surface area (Å²) in [6.07, 6.45) is 0. The van der Waals surface area contributed by atoms with Crippen LogP contribution in [0.15, 0.2) is 48.5 Å². The van der Waals surface area contributed by atoms with Gasteiger partial charge in [-0.2, -0.15) is 0 Å². The Labute approximate surface area is 123 Å². The maximum atomic E-state index is 11.6. The Morgan fingerprint density at radius 1 is 1.24 bits per heavy atom. The number of anilines is 1. The molecule has 0 saturated carbocycles. The number of hydrogen-bond donors (Lipinski definition) is 0. The molecule has 0 unspecified atom stereocenters. The molecule has 1 aliphatic rings. The largest absolute Gasteiger partial charge is 0.490 e. The zero-order chi connectivity index (χ0) is 14.7. The number of fused-ring (bicyclic) bond motifs is 1. The van der Waals surface area contributed by atoms with E-state index in [0.717, 1.165) is 30.1 Å². The fraction of sp³-hybridized carbons (Fsp3) is 0.235. The summed E-state index contributed by atoms with van der Waals surface area (Å²) in [4.78, 5) is 13.9. The Morgan fingerprint density at radius 2 is 2.10 bits per heavy atom. The lowest BCUT2D eigenvalue weighted by Gasteiger charge is -2.31. The van der Waals surface area contributed by atoms with E-state index in [1.807, 2.05) is 36.4 Å². The normalized spacial score (nSPS) is 13.3. The SMILES string of the molecule is COC(=O)c1cccc(CN2CCOc3ccccc32)c1. The lowest BCUT2D eigenvalue weighted by atomic mass is 10.1. The molecular weight excluding hydrogens is 266 g/mol. The van der Waals surface area contributed by atoms with Crippen molar-refractivity contribution in [3.63, 3.8) is 0 Å². The molecule has 0 spiro atoms. The molecule has 0 radical (unpaired) electrons. The summed E-state index contributed by atoms with van der Waals surface area (Å²) in [6.45, 7) is 2.25. The molecule has 0 saturated heterocycles. The van der Waals surface area contributed by atoms with Gasteiger partial charge in [-0.15, -0.1) is 0 Å². The predicted molar refractivity (Wildman–Crippen MR) is 80.8 cm³/mol. The van der Waals surface area contributed by atoms with Gasteiger partial charge in [-0.1, -0.05) is 24.3 Å². The molecule has 4 heteroatoms. The van der Waals surface area contributed by atoms with Crippen LogP contribution in [-0.4, -0.2) is 26.2 Å². The molecule has 0 aromatic heterocycles. The highest BCUT2D eigenvalue weighted by Crippen LogP contribution is 2.31. The second kappa shape index (κ2) is 5.87. The molecule has 4 nitrogen and oxygen atoms in total. The summed E-state index contributed by atoms with van der Waals surface area (Å²) >= 11 is 0. The summed E-state index contributed by atoms with van der Waals surface area (Å²) in [7, 11) is 1.40. The van der Waals surface area contributed by atoms with E-state index in [9.17, 15) is 4.79 Å². The summed E-state index contributed by atoms with van der Waals surface area (Å²) < 4.78 is 10.4. The Morgan fingerprint density at radius 3 is 2.95 bits per heavy atom. The van der Waals surface area contributed by atoms with Crippen LogP contribution in [-0.2, 0) is 11.3 Å². The number of carbonyl (C=O) groups is 1. The van der Waals surface area contributed by atoms with Gasteiger partial charge in [0.1, 0.15) is 12.4 Å². The Kier molecular flexibility index (Phi) is 3.77. The highest BCUT2D eigenvalue weighted by Gasteiger charge is 2.17. The predicted octanol–water partition coefficient (Wildman–Crippen LogP) is 2.87. The average molecular weight is 283 g/mol. The van der Waals surface area contributed by atoms with Gasteiger partial charge in [0.15, 0.2) is 0 Å². The van der Waals surface area contributed by atoms with Gasteiger partial charge in [-0.3, -0.25) is 0 Å². The number of methoxy groups -OCH3 is 1. The molecule has 0 bridgehead atoms. The molecule has 0 aliphatic carbocycles. The zero-order valence-electron chi connectivity index (χ0n) is 11.9. The smallest absolute Gasteiger partial charge is 0.337 e.